The van der Waals surface area contributed by atoms with Crippen molar-refractivity contribution in [1.82, 2.24) is 0 Å². The summed E-state index contributed by atoms with van der Waals surface area (Å²) in [5.41, 5.74) is 7.00. The molecule has 3 N–H and O–H groups in total. The first-order valence-electron chi connectivity index (χ1n) is 4.97. The maximum Gasteiger partial charge on any atom is 0.232 e. The van der Waals surface area contributed by atoms with Gasteiger partial charge >= 0.3 is 0 Å². The molecule has 0 amide bonds. The van der Waals surface area contributed by atoms with Gasteiger partial charge in [0.2, 0.25) is 10.0 Å². The highest BCUT2D eigenvalue weighted by Gasteiger charge is 2.09. The normalized spacial score (nSPS) is 11.4. The van der Waals surface area contributed by atoms with Crippen LogP contribution in [0.1, 0.15) is 18.9 Å². The number of anilines is 1. The molecule has 0 spiro atoms. The Kier molecular flexibility index (Phi) is 4.76. The lowest BCUT2D eigenvalue weighted by Gasteiger charge is -2.09. The first-order valence-corrected chi connectivity index (χ1v) is 7.42. The molecule has 90 valence electrons. The minimum atomic E-state index is -3.22. The van der Waals surface area contributed by atoms with Crippen LogP contribution in [0.4, 0.5) is 5.69 Å². The van der Waals surface area contributed by atoms with Crippen molar-refractivity contribution < 1.29 is 8.42 Å². The van der Waals surface area contributed by atoms with Crippen LogP contribution in [0.25, 0.3) is 0 Å². The average Bonchev–Trinajstić information content (AvgIpc) is 2.17. The van der Waals surface area contributed by atoms with Crippen molar-refractivity contribution in [2.75, 3.05) is 10.5 Å². The summed E-state index contributed by atoms with van der Waals surface area (Å²) >= 11 is 3.34. The molecule has 0 unspecified atom stereocenters. The molecule has 1 aromatic rings. The van der Waals surface area contributed by atoms with E-state index in [0.29, 0.717) is 18.7 Å². The lowest BCUT2D eigenvalue weighted by Crippen LogP contribution is -2.16. The van der Waals surface area contributed by atoms with E-state index in [1.54, 1.807) is 18.2 Å². The number of sulfonamides is 1. The van der Waals surface area contributed by atoms with Crippen LogP contribution in [0.15, 0.2) is 22.7 Å². The molecule has 1 rings (SSSR count). The second kappa shape index (κ2) is 5.65. The van der Waals surface area contributed by atoms with E-state index in [1.165, 1.54) is 0 Å². The van der Waals surface area contributed by atoms with Crippen molar-refractivity contribution in [3.8, 4) is 0 Å². The summed E-state index contributed by atoms with van der Waals surface area (Å²) in [6.45, 7) is 2.25. The molecule has 0 aliphatic carbocycles. The van der Waals surface area contributed by atoms with Crippen LogP contribution in [0.3, 0.4) is 0 Å². The minimum Gasteiger partial charge on any atom is -0.326 e. The van der Waals surface area contributed by atoms with Crippen LogP contribution in [-0.4, -0.2) is 14.2 Å². The summed E-state index contributed by atoms with van der Waals surface area (Å²) in [5.74, 6) is 0.128. The molecule has 16 heavy (non-hydrogen) atoms. The van der Waals surface area contributed by atoms with Crippen molar-refractivity contribution in [3.63, 3.8) is 0 Å². The standard InChI is InChI=1S/C10H15BrN2O2S/c1-2-5-16(14,15)13-9-4-3-8(7-12)10(11)6-9/h3-4,6,13H,2,5,7,12H2,1H3. The van der Waals surface area contributed by atoms with Gasteiger partial charge in [0, 0.05) is 16.7 Å². The van der Waals surface area contributed by atoms with E-state index in [2.05, 4.69) is 20.7 Å². The summed E-state index contributed by atoms with van der Waals surface area (Å²) in [5, 5.41) is 0. The summed E-state index contributed by atoms with van der Waals surface area (Å²) in [6.07, 6.45) is 0.595. The van der Waals surface area contributed by atoms with Crippen molar-refractivity contribution >= 4 is 31.6 Å². The molecular formula is C10H15BrN2O2S. The highest BCUT2D eigenvalue weighted by molar-refractivity contribution is 9.10. The van der Waals surface area contributed by atoms with Gasteiger partial charge in [-0.1, -0.05) is 28.9 Å². The third kappa shape index (κ3) is 3.77. The third-order valence-electron chi connectivity index (χ3n) is 2.02. The Morgan fingerprint density at radius 3 is 2.62 bits per heavy atom. The summed E-state index contributed by atoms with van der Waals surface area (Å²) in [4.78, 5) is 0. The van der Waals surface area contributed by atoms with Gasteiger partial charge in [-0.05, 0) is 24.1 Å². The van der Waals surface area contributed by atoms with Gasteiger partial charge in [0.1, 0.15) is 0 Å². The minimum absolute atomic E-state index is 0.128. The number of hydrogen-bond acceptors (Lipinski definition) is 3. The molecule has 0 heterocycles. The molecular weight excluding hydrogens is 292 g/mol. The van der Waals surface area contributed by atoms with E-state index in [0.717, 1.165) is 10.0 Å². The zero-order valence-corrected chi connectivity index (χ0v) is 11.4. The van der Waals surface area contributed by atoms with Crippen LogP contribution >= 0.6 is 15.9 Å². The Balaban J connectivity index is 2.87. The number of hydrogen-bond donors (Lipinski definition) is 2. The monoisotopic (exact) mass is 306 g/mol. The molecule has 0 aliphatic rings. The molecule has 1 aromatic carbocycles. The van der Waals surface area contributed by atoms with Gasteiger partial charge in [-0.25, -0.2) is 8.42 Å². The van der Waals surface area contributed by atoms with Gasteiger partial charge in [-0.2, -0.15) is 0 Å². The molecule has 0 radical (unpaired) electrons. The molecule has 0 saturated heterocycles. The topological polar surface area (TPSA) is 72.2 Å². The maximum atomic E-state index is 11.5. The molecule has 4 nitrogen and oxygen atoms in total. The van der Waals surface area contributed by atoms with E-state index < -0.39 is 10.0 Å². The highest BCUT2D eigenvalue weighted by atomic mass is 79.9. The predicted octanol–water partition coefficient (Wildman–Crippen LogP) is 2.06. The fourth-order valence-electron chi connectivity index (χ4n) is 1.28. The molecule has 0 aliphatic heterocycles. The van der Waals surface area contributed by atoms with Gasteiger partial charge < -0.3 is 5.73 Å². The Labute approximate surface area is 104 Å². The zero-order valence-electron chi connectivity index (χ0n) is 9.03. The van der Waals surface area contributed by atoms with Crippen LogP contribution in [0.2, 0.25) is 0 Å². The SMILES string of the molecule is CCCS(=O)(=O)Nc1ccc(CN)c(Br)c1. The van der Waals surface area contributed by atoms with Crippen LogP contribution < -0.4 is 10.5 Å². The average molecular weight is 307 g/mol. The summed E-state index contributed by atoms with van der Waals surface area (Å²) in [6, 6.07) is 5.23. The van der Waals surface area contributed by atoms with E-state index in [-0.39, 0.29) is 5.75 Å². The largest absolute Gasteiger partial charge is 0.326 e. The Bertz CT molecular complexity index is 460. The second-order valence-electron chi connectivity index (χ2n) is 3.43. The Hall–Kier alpha value is -0.590. The van der Waals surface area contributed by atoms with Gasteiger partial charge in [0.15, 0.2) is 0 Å². The number of rotatable bonds is 5. The van der Waals surface area contributed by atoms with Crippen molar-refractivity contribution in [1.29, 1.82) is 0 Å². The third-order valence-corrected chi connectivity index (χ3v) is 4.25. The molecule has 0 aromatic heterocycles. The molecule has 0 fully saturated rings. The highest BCUT2D eigenvalue weighted by Crippen LogP contribution is 2.21. The summed E-state index contributed by atoms with van der Waals surface area (Å²) in [7, 11) is -3.22. The van der Waals surface area contributed by atoms with E-state index in [4.69, 9.17) is 5.73 Å². The summed E-state index contributed by atoms with van der Waals surface area (Å²) < 4.78 is 26.4. The van der Waals surface area contributed by atoms with E-state index in [9.17, 15) is 8.42 Å². The first-order chi connectivity index (χ1) is 7.48. The van der Waals surface area contributed by atoms with Crippen LogP contribution in [0, 0.1) is 0 Å². The molecule has 0 atom stereocenters. The fourth-order valence-corrected chi connectivity index (χ4v) is 2.94. The van der Waals surface area contributed by atoms with Gasteiger partial charge in [0.25, 0.3) is 0 Å². The van der Waals surface area contributed by atoms with E-state index in [1.807, 2.05) is 6.92 Å². The number of nitrogens with one attached hydrogen (secondary N) is 1. The van der Waals surface area contributed by atoms with E-state index >= 15 is 0 Å². The van der Waals surface area contributed by atoms with Crippen molar-refractivity contribution in [2.24, 2.45) is 5.73 Å². The smallest absolute Gasteiger partial charge is 0.232 e. The van der Waals surface area contributed by atoms with Crippen molar-refractivity contribution in [2.45, 2.75) is 19.9 Å². The molecule has 0 saturated carbocycles. The van der Waals surface area contributed by atoms with Gasteiger partial charge in [-0.15, -0.1) is 0 Å². The number of benzene rings is 1. The maximum absolute atomic E-state index is 11.5. The lowest BCUT2D eigenvalue weighted by molar-refractivity contribution is 0.600. The zero-order chi connectivity index (χ0) is 12.2. The fraction of sp³-hybridized carbons (Fsp3) is 0.400. The first kappa shape index (κ1) is 13.5. The number of halogens is 1. The predicted molar refractivity (Wildman–Crippen MR) is 69.7 cm³/mol. The van der Waals surface area contributed by atoms with Crippen molar-refractivity contribution in [3.05, 3.63) is 28.2 Å². The van der Waals surface area contributed by atoms with Crippen LogP contribution in [0.5, 0.6) is 0 Å². The van der Waals surface area contributed by atoms with Gasteiger partial charge in [-0.3, -0.25) is 4.72 Å². The molecule has 0 bridgehead atoms. The van der Waals surface area contributed by atoms with Gasteiger partial charge in [0.05, 0.1) is 5.75 Å². The number of nitrogens with two attached hydrogens (primary N) is 1. The van der Waals surface area contributed by atoms with Crippen LogP contribution in [-0.2, 0) is 16.6 Å². The Morgan fingerprint density at radius 1 is 1.44 bits per heavy atom. The quantitative estimate of drug-likeness (QED) is 0.874. The molecule has 6 heteroatoms. The Morgan fingerprint density at radius 2 is 2.12 bits per heavy atom. The lowest BCUT2D eigenvalue weighted by atomic mass is 10.2. The second-order valence-corrected chi connectivity index (χ2v) is 6.13.